The van der Waals surface area contributed by atoms with Gasteiger partial charge in [0.1, 0.15) is 0 Å². The predicted octanol–water partition coefficient (Wildman–Crippen LogP) is 2.66. The van der Waals surface area contributed by atoms with Crippen LogP contribution in [-0.2, 0) is 6.42 Å². The van der Waals surface area contributed by atoms with Gasteiger partial charge < -0.3 is 4.40 Å². The van der Waals surface area contributed by atoms with Crippen molar-refractivity contribution in [3.05, 3.63) is 34.7 Å². The van der Waals surface area contributed by atoms with E-state index in [9.17, 15) is 0 Å². The molecule has 0 saturated heterocycles. The lowest BCUT2D eigenvalue weighted by Crippen LogP contribution is -1.93. The highest BCUT2D eigenvalue weighted by Gasteiger charge is 2.01. The highest BCUT2D eigenvalue weighted by atomic mass is 79.9. The number of nitrogens with zero attached hydrogens (tertiary/aromatic N) is 2. The van der Waals surface area contributed by atoms with Crippen molar-refractivity contribution in [2.24, 2.45) is 0 Å². The van der Waals surface area contributed by atoms with E-state index < -0.39 is 0 Å². The van der Waals surface area contributed by atoms with Crippen molar-refractivity contribution in [3.63, 3.8) is 0 Å². The molecule has 2 heterocycles. The summed E-state index contributed by atoms with van der Waals surface area (Å²) in [5, 5.41) is 0. The summed E-state index contributed by atoms with van der Waals surface area (Å²) < 4.78 is 3.15. The van der Waals surface area contributed by atoms with Crippen LogP contribution >= 0.6 is 15.9 Å². The van der Waals surface area contributed by atoms with Crippen LogP contribution in [-0.4, -0.2) is 9.38 Å². The lowest BCUT2D eigenvalue weighted by molar-refractivity contribution is 0.977. The molecule has 62 valence electrons. The van der Waals surface area contributed by atoms with Crippen molar-refractivity contribution in [1.82, 2.24) is 9.38 Å². The monoisotopic (exact) mass is 224 g/mol. The van der Waals surface area contributed by atoms with Gasteiger partial charge in [-0.15, -0.1) is 0 Å². The zero-order valence-corrected chi connectivity index (χ0v) is 8.37. The summed E-state index contributed by atoms with van der Waals surface area (Å²) in [6, 6.07) is 4.15. The van der Waals surface area contributed by atoms with Gasteiger partial charge in [0.15, 0.2) is 5.65 Å². The van der Waals surface area contributed by atoms with Crippen LogP contribution in [0.5, 0.6) is 0 Å². The molecule has 0 aromatic carbocycles. The van der Waals surface area contributed by atoms with Crippen molar-refractivity contribution in [1.29, 1.82) is 0 Å². The zero-order chi connectivity index (χ0) is 8.55. The van der Waals surface area contributed by atoms with Gasteiger partial charge in [0.2, 0.25) is 0 Å². The fourth-order valence-electron chi connectivity index (χ4n) is 1.32. The Kier molecular flexibility index (Phi) is 1.89. The average molecular weight is 225 g/mol. The molecular weight excluding hydrogens is 216 g/mol. The van der Waals surface area contributed by atoms with Gasteiger partial charge in [-0.05, 0) is 34.5 Å². The second-order valence-electron chi connectivity index (χ2n) is 2.65. The number of imidazole rings is 1. The number of fused-ring (bicyclic) bond motifs is 1. The van der Waals surface area contributed by atoms with Gasteiger partial charge >= 0.3 is 0 Å². The maximum absolute atomic E-state index is 4.24. The first-order valence-corrected chi connectivity index (χ1v) is 4.72. The van der Waals surface area contributed by atoms with Crippen LogP contribution in [0.3, 0.4) is 0 Å². The molecule has 0 bridgehead atoms. The van der Waals surface area contributed by atoms with Gasteiger partial charge in [-0.2, -0.15) is 0 Å². The highest BCUT2D eigenvalue weighted by molar-refractivity contribution is 9.10. The van der Waals surface area contributed by atoms with Crippen LogP contribution in [0.15, 0.2) is 29.0 Å². The molecule has 2 aromatic heterocycles. The van der Waals surface area contributed by atoms with Crippen LogP contribution in [0.4, 0.5) is 0 Å². The Hall–Kier alpha value is -0.830. The zero-order valence-electron chi connectivity index (χ0n) is 6.79. The third-order valence-corrected chi connectivity index (χ3v) is 2.57. The normalized spacial score (nSPS) is 10.8. The molecule has 0 atom stereocenters. The van der Waals surface area contributed by atoms with Gasteiger partial charge in [0.25, 0.3) is 0 Å². The van der Waals surface area contributed by atoms with Crippen molar-refractivity contribution in [2.45, 2.75) is 13.3 Å². The molecule has 0 amide bonds. The standard InChI is InChI=1S/C9H9BrN2/c1-2-7-3-4-8(10)9-11-5-6-12(7)9/h3-6H,2H2,1H3. The Bertz CT molecular complexity index is 406. The first-order valence-electron chi connectivity index (χ1n) is 3.93. The lowest BCUT2D eigenvalue weighted by Gasteiger charge is -2.02. The average Bonchev–Trinajstić information content (AvgIpc) is 2.54. The van der Waals surface area contributed by atoms with Crippen molar-refractivity contribution < 1.29 is 0 Å². The molecule has 0 unspecified atom stereocenters. The Morgan fingerprint density at radius 2 is 2.33 bits per heavy atom. The van der Waals surface area contributed by atoms with Crippen LogP contribution in [0.2, 0.25) is 0 Å². The molecule has 3 heteroatoms. The van der Waals surface area contributed by atoms with E-state index in [-0.39, 0.29) is 0 Å². The molecule has 2 nitrogen and oxygen atoms in total. The fraction of sp³-hybridized carbons (Fsp3) is 0.222. The van der Waals surface area contributed by atoms with Gasteiger partial charge in [0, 0.05) is 18.1 Å². The maximum atomic E-state index is 4.24. The van der Waals surface area contributed by atoms with Crippen LogP contribution < -0.4 is 0 Å². The van der Waals surface area contributed by atoms with Gasteiger partial charge in [-0.3, -0.25) is 0 Å². The largest absolute Gasteiger partial charge is 0.303 e. The lowest BCUT2D eigenvalue weighted by atomic mass is 10.3. The van der Waals surface area contributed by atoms with E-state index in [0.29, 0.717) is 0 Å². The summed E-state index contributed by atoms with van der Waals surface area (Å²) in [7, 11) is 0. The van der Waals surface area contributed by atoms with E-state index in [0.717, 1.165) is 16.5 Å². The number of hydrogen-bond donors (Lipinski definition) is 0. The van der Waals surface area contributed by atoms with E-state index in [1.165, 1.54) is 5.69 Å². The fourth-order valence-corrected chi connectivity index (χ4v) is 1.75. The minimum Gasteiger partial charge on any atom is -0.303 e. The first kappa shape index (κ1) is 7.80. The molecule has 0 aliphatic rings. The van der Waals surface area contributed by atoms with Gasteiger partial charge in [-0.1, -0.05) is 6.92 Å². The maximum Gasteiger partial charge on any atom is 0.151 e. The van der Waals surface area contributed by atoms with E-state index in [1.807, 2.05) is 18.5 Å². The van der Waals surface area contributed by atoms with Crippen LogP contribution in [0.1, 0.15) is 12.6 Å². The molecule has 0 saturated carbocycles. The van der Waals surface area contributed by atoms with Crippen molar-refractivity contribution >= 4 is 21.6 Å². The minimum absolute atomic E-state index is 0.995. The van der Waals surface area contributed by atoms with Gasteiger partial charge in [0.05, 0.1) is 4.47 Å². The van der Waals surface area contributed by atoms with E-state index in [2.05, 4.69) is 38.3 Å². The number of hydrogen-bond acceptors (Lipinski definition) is 1. The molecule has 0 aliphatic carbocycles. The molecule has 12 heavy (non-hydrogen) atoms. The first-order chi connectivity index (χ1) is 5.83. The summed E-state index contributed by atoms with van der Waals surface area (Å²) in [5.74, 6) is 0. The molecular formula is C9H9BrN2. The Morgan fingerprint density at radius 1 is 1.50 bits per heavy atom. The molecule has 0 radical (unpaired) electrons. The van der Waals surface area contributed by atoms with Gasteiger partial charge in [-0.25, -0.2) is 4.98 Å². The van der Waals surface area contributed by atoms with E-state index >= 15 is 0 Å². The summed E-state index contributed by atoms with van der Waals surface area (Å²) in [6.07, 6.45) is 4.83. The summed E-state index contributed by atoms with van der Waals surface area (Å²) in [5.41, 5.74) is 2.28. The summed E-state index contributed by atoms with van der Waals surface area (Å²) in [4.78, 5) is 4.24. The number of pyridine rings is 1. The highest BCUT2D eigenvalue weighted by Crippen LogP contribution is 2.17. The molecule has 2 rings (SSSR count). The number of aromatic nitrogens is 2. The number of rotatable bonds is 1. The molecule has 2 aromatic rings. The number of aryl methyl sites for hydroxylation is 1. The Morgan fingerprint density at radius 3 is 3.08 bits per heavy atom. The molecule has 0 aliphatic heterocycles. The quantitative estimate of drug-likeness (QED) is 0.729. The molecule has 0 spiro atoms. The third kappa shape index (κ3) is 1.05. The van der Waals surface area contributed by atoms with Crippen LogP contribution in [0, 0.1) is 0 Å². The van der Waals surface area contributed by atoms with E-state index in [1.54, 1.807) is 0 Å². The summed E-state index contributed by atoms with van der Waals surface area (Å²) in [6.45, 7) is 2.14. The molecule has 0 N–H and O–H groups in total. The number of halogens is 1. The molecule has 0 fully saturated rings. The second-order valence-corrected chi connectivity index (χ2v) is 3.50. The minimum atomic E-state index is 0.995. The summed E-state index contributed by atoms with van der Waals surface area (Å²) >= 11 is 3.46. The topological polar surface area (TPSA) is 17.3 Å². The van der Waals surface area contributed by atoms with Crippen molar-refractivity contribution in [2.75, 3.05) is 0 Å². The SMILES string of the molecule is CCc1ccc(Br)c2nccn12. The van der Waals surface area contributed by atoms with Crippen LogP contribution in [0.25, 0.3) is 5.65 Å². The van der Waals surface area contributed by atoms with E-state index in [4.69, 9.17) is 0 Å². The Labute approximate surface area is 79.4 Å². The third-order valence-electron chi connectivity index (χ3n) is 1.95. The second kappa shape index (κ2) is 2.90. The Balaban J connectivity index is 2.82. The smallest absolute Gasteiger partial charge is 0.151 e. The van der Waals surface area contributed by atoms with Crippen molar-refractivity contribution in [3.8, 4) is 0 Å². The predicted molar refractivity (Wildman–Crippen MR) is 52.3 cm³/mol.